The van der Waals surface area contributed by atoms with E-state index in [9.17, 15) is 19.2 Å². The molecule has 4 rings (SSSR count). The first kappa shape index (κ1) is 19.7. The number of hydrogen-bond acceptors (Lipinski definition) is 5. The third kappa shape index (κ3) is 3.35. The molecule has 1 aromatic carbocycles. The van der Waals surface area contributed by atoms with Gasteiger partial charge in [0.05, 0.1) is 22.6 Å². The van der Waals surface area contributed by atoms with Crippen molar-refractivity contribution in [3.8, 4) is 0 Å². The van der Waals surface area contributed by atoms with E-state index in [2.05, 4.69) is 10.2 Å². The van der Waals surface area contributed by atoms with Crippen LogP contribution < -0.4 is 15.9 Å². The highest BCUT2D eigenvalue weighted by Crippen LogP contribution is 2.32. The fourth-order valence-corrected chi connectivity index (χ4v) is 4.67. The lowest BCUT2D eigenvalue weighted by Crippen LogP contribution is -2.44. The third-order valence-electron chi connectivity index (χ3n) is 6.03. The lowest BCUT2D eigenvalue weighted by atomic mass is 9.93. The summed E-state index contributed by atoms with van der Waals surface area (Å²) in [4.78, 5) is 50.9. The van der Waals surface area contributed by atoms with Gasteiger partial charge in [-0.05, 0) is 31.4 Å². The minimum Gasteiger partial charge on any atom is -0.370 e. The van der Waals surface area contributed by atoms with E-state index < -0.39 is 11.9 Å². The van der Waals surface area contributed by atoms with Crippen LogP contribution in [-0.2, 0) is 21.4 Å². The van der Waals surface area contributed by atoms with Gasteiger partial charge >= 0.3 is 5.69 Å². The van der Waals surface area contributed by atoms with E-state index in [0.717, 1.165) is 24.0 Å². The summed E-state index contributed by atoms with van der Waals surface area (Å²) in [6, 6.07) is 4.95. The molecule has 1 aromatic heterocycles. The summed E-state index contributed by atoms with van der Waals surface area (Å²) in [5.41, 5.74) is 2.05. The van der Waals surface area contributed by atoms with Crippen LogP contribution >= 0.6 is 11.6 Å². The maximum absolute atomic E-state index is 13.0. The number of piperidine rings is 2. The number of amides is 2. The van der Waals surface area contributed by atoms with Gasteiger partial charge in [-0.15, -0.1) is 11.6 Å². The number of aromatic nitrogens is 2. The van der Waals surface area contributed by atoms with Gasteiger partial charge in [-0.1, -0.05) is 6.07 Å². The number of alkyl halides is 1. The number of imide groups is 1. The van der Waals surface area contributed by atoms with Gasteiger partial charge in [0.15, 0.2) is 5.78 Å². The monoisotopic (exact) mass is 418 g/mol. The minimum absolute atomic E-state index is 0.0140. The molecule has 0 radical (unpaired) electrons. The van der Waals surface area contributed by atoms with Crippen LogP contribution in [0.25, 0.3) is 11.0 Å². The zero-order valence-electron chi connectivity index (χ0n) is 16.2. The summed E-state index contributed by atoms with van der Waals surface area (Å²) in [5, 5.41) is 2.33. The predicted molar refractivity (Wildman–Crippen MR) is 109 cm³/mol. The molecular formula is C20H23ClN4O4. The molecule has 1 unspecified atom stereocenters. The van der Waals surface area contributed by atoms with Crippen LogP contribution in [-0.4, -0.2) is 45.7 Å². The van der Waals surface area contributed by atoms with E-state index in [1.165, 1.54) is 4.57 Å². The Labute approximate surface area is 172 Å². The van der Waals surface area contributed by atoms with Gasteiger partial charge < -0.3 is 4.90 Å². The van der Waals surface area contributed by atoms with Gasteiger partial charge in [0.25, 0.3) is 0 Å². The van der Waals surface area contributed by atoms with Crippen molar-refractivity contribution in [2.45, 2.75) is 31.7 Å². The van der Waals surface area contributed by atoms with Crippen LogP contribution in [0.5, 0.6) is 0 Å². The molecule has 2 aromatic rings. The van der Waals surface area contributed by atoms with Crippen molar-refractivity contribution >= 4 is 45.9 Å². The van der Waals surface area contributed by atoms with Gasteiger partial charge in [-0.2, -0.15) is 0 Å². The van der Waals surface area contributed by atoms with Crippen molar-refractivity contribution in [1.29, 1.82) is 0 Å². The van der Waals surface area contributed by atoms with E-state index in [1.54, 1.807) is 11.6 Å². The topological polar surface area (TPSA) is 93.4 Å². The molecule has 8 nitrogen and oxygen atoms in total. The molecule has 29 heavy (non-hydrogen) atoms. The number of anilines is 1. The number of benzene rings is 1. The molecule has 3 heterocycles. The molecule has 0 spiro atoms. The number of fused-ring (bicyclic) bond motifs is 1. The van der Waals surface area contributed by atoms with E-state index >= 15 is 0 Å². The summed E-state index contributed by atoms with van der Waals surface area (Å²) >= 11 is 5.69. The number of hydrogen-bond donors (Lipinski definition) is 1. The van der Waals surface area contributed by atoms with Crippen LogP contribution in [0, 0.1) is 5.92 Å². The van der Waals surface area contributed by atoms with Gasteiger partial charge in [-0.3, -0.25) is 28.8 Å². The Hall–Kier alpha value is -2.61. The first-order valence-corrected chi connectivity index (χ1v) is 10.3. The first-order chi connectivity index (χ1) is 13.9. The normalized spacial score (nSPS) is 20.9. The Morgan fingerprint density at radius 2 is 1.90 bits per heavy atom. The van der Waals surface area contributed by atoms with Gasteiger partial charge in [-0.25, -0.2) is 4.79 Å². The van der Waals surface area contributed by atoms with Crippen molar-refractivity contribution in [1.82, 2.24) is 14.5 Å². The molecule has 2 aliphatic rings. The van der Waals surface area contributed by atoms with E-state index in [1.807, 2.05) is 18.2 Å². The molecule has 0 saturated carbocycles. The average Bonchev–Trinajstić information content (AvgIpc) is 2.98. The molecule has 2 fully saturated rings. The molecule has 9 heteroatoms. The number of carbonyl (C=O) groups excluding carboxylic acids is 3. The van der Waals surface area contributed by atoms with Crippen LogP contribution in [0.3, 0.4) is 0 Å². The number of nitrogens with one attached hydrogen (secondary N) is 1. The smallest absolute Gasteiger partial charge is 0.329 e. The second-order valence-electron chi connectivity index (χ2n) is 7.68. The number of carbonyl (C=O) groups is 3. The Balaban J connectivity index is 1.72. The Kier molecular flexibility index (Phi) is 5.21. The predicted octanol–water partition coefficient (Wildman–Crippen LogP) is 1.34. The number of para-hydroxylation sites is 1. The van der Waals surface area contributed by atoms with E-state index in [0.29, 0.717) is 25.0 Å². The van der Waals surface area contributed by atoms with Gasteiger partial charge in [0, 0.05) is 32.5 Å². The molecule has 0 aliphatic carbocycles. The third-order valence-corrected chi connectivity index (χ3v) is 6.29. The zero-order chi connectivity index (χ0) is 20.7. The van der Waals surface area contributed by atoms with Crippen LogP contribution in [0.2, 0.25) is 0 Å². The average molecular weight is 419 g/mol. The molecular weight excluding hydrogens is 396 g/mol. The SMILES string of the molecule is Cn1c(=O)n(C2CCC(=O)NC2=O)c2cccc(N3CCC(C(=O)CCl)CC3)c21. The maximum Gasteiger partial charge on any atom is 0.329 e. The molecule has 1 atom stereocenters. The largest absolute Gasteiger partial charge is 0.370 e. The summed E-state index contributed by atoms with van der Waals surface area (Å²) in [5.74, 6) is -0.638. The number of rotatable bonds is 4. The standard InChI is InChI=1S/C20H23ClN4O4/c1-23-18-13(24-9-7-12(8-10-24)16(26)11-21)3-2-4-14(18)25(20(23)29)15-5-6-17(27)22-19(15)28/h2-4,12,15H,5-11H2,1H3,(H,22,27,28). The number of nitrogens with zero attached hydrogens (tertiary/aromatic N) is 3. The molecule has 2 saturated heterocycles. The Morgan fingerprint density at radius 1 is 1.17 bits per heavy atom. The zero-order valence-corrected chi connectivity index (χ0v) is 16.9. The minimum atomic E-state index is -0.703. The number of imidazole rings is 1. The fraction of sp³-hybridized carbons (Fsp3) is 0.500. The number of halogens is 1. The van der Waals surface area contributed by atoms with E-state index in [4.69, 9.17) is 11.6 Å². The van der Waals surface area contributed by atoms with Crippen molar-refractivity contribution in [2.75, 3.05) is 23.9 Å². The highest BCUT2D eigenvalue weighted by molar-refractivity contribution is 6.27. The number of aryl methyl sites for hydroxylation is 1. The highest BCUT2D eigenvalue weighted by atomic mass is 35.5. The van der Waals surface area contributed by atoms with Crippen molar-refractivity contribution in [3.05, 3.63) is 28.7 Å². The van der Waals surface area contributed by atoms with Crippen molar-refractivity contribution in [2.24, 2.45) is 13.0 Å². The molecule has 2 amide bonds. The van der Waals surface area contributed by atoms with Crippen LogP contribution in [0.4, 0.5) is 5.69 Å². The highest BCUT2D eigenvalue weighted by Gasteiger charge is 2.32. The Bertz CT molecular complexity index is 1050. The fourth-order valence-electron chi connectivity index (χ4n) is 4.45. The maximum atomic E-state index is 13.0. The van der Waals surface area contributed by atoms with Gasteiger partial charge in [0.1, 0.15) is 6.04 Å². The molecule has 154 valence electrons. The Morgan fingerprint density at radius 3 is 2.55 bits per heavy atom. The summed E-state index contributed by atoms with van der Waals surface area (Å²) in [6.07, 6.45) is 1.97. The summed E-state index contributed by atoms with van der Waals surface area (Å²) in [6.45, 7) is 1.40. The molecule has 0 bridgehead atoms. The van der Waals surface area contributed by atoms with Crippen LogP contribution in [0.15, 0.2) is 23.0 Å². The second-order valence-corrected chi connectivity index (χ2v) is 7.95. The van der Waals surface area contributed by atoms with Crippen molar-refractivity contribution in [3.63, 3.8) is 0 Å². The quantitative estimate of drug-likeness (QED) is 0.597. The number of Topliss-reactive ketones (excluding diaryl/α,β-unsaturated/α-hetero) is 1. The number of ketones is 1. The van der Waals surface area contributed by atoms with Crippen molar-refractivity contribution < 1.29 is 14.4 Å². The first-order valence-electron chi connectivity index (χ1n) is 9.79. The lowest BCUT2D eigenvalue weighted by molar-refractivity contribution is -0.135. The second kappa shape index (κ2) is 7.67. The molecule has 1 N–H and O–H groups in total. The lowest BCUT2D eigenvalue weighted by Gasteiger charge is -2.33. The molecule has 2 aliphatic heterocycles. The van der Waals surface area contributed by atoms with E-state index in [-0.39, 0.29) is 35.6 Å². The van der Waals surface area contributed by atoms with Crippen LogP contribution in [0.1, 0.15) is 31.7 Å². The van der Waals surface area contributed by atoms with Gasteiger partial charge in [0.2, 0.25) is 11.8 Å². The summed E-state index contributed by atoms with van der Waals surface area (Å²) in [7, 11) is 1.69. The summed E-state index contributed by atoms with van der Waals surface area (Å²) < 4.78 is 3.05.